The van der Waals surface area contributed by atoms with Gasteiger partial charge in [-0.05, 0) is 19.1 Å². The number of amides is 1. The lowest BCUT2D eigenvalue weighted by Gasteiger charge is -2.12. The molecule has 0 bridgehead atoms. The van der Waals surface area contributed by atoms with E-state index < -0.39 is 0 Å². The molecule has 0 saturated carbocycles. The van der Waals surface area contributed by atoms with Crippen LogP contribution in [0.2, 0.25) is 0 Å². The number of para-hydroxylation sites is 1. The molecule has 0 atom stereocenters. The molecule has 4 heteroatoms. The molecule has 1 aromatic rings. The summed E-state index contributed by atoms with van der Waals surface area (Å²) in [4.78, 5) is 12.5. The number of rotatable bonds is 2. The van der Waals surface area contributed by atoms with Gasteiger partial charge in [0.1, 0.15) is 10.7 Å². The van der Waals surface area contributed by atoms with Gasteiger partial charge in [0.25, 0.3) is 5.91 Å². The number of benzene rings is 1. The third kappa shape index (κ3) is 2.46. The van der Waals surface area contributed by atoms with Gasteiger partial charge in [0, 0.05) is 11.1 Å². The van der Waals surface area contributed by atoms with Crippen LogP contribution in [0.25, 0.3) is 0 Å². The molecule has 1 heterocycles. The van der Waals surface area contributed by atoms with E-state index in [0.717, 1.165) is 5.69 Å². The lowest BCUT2D eigenvalue weighted by molar-refractivity contribution is -0.112. The SMILES string of the molecule is CC1=C(C(=O)Nc2ccccc2)SC=CO1. The molecule has 3 nitrogen and oxygen atoms in total. The number of ether oxygens (including phenoxy) is 1. The highest BCUT2D eigenvalue weighted by atomic mass is 32.2. The predicted octanol–water partition coefficient (Wildman–Crippen LogP) is 3.09. The third-order valence-electron chi connectivity index (χ3n) is 2.04. The monoisotopic (exact) mass is 233 g/mol. The van der Waals surface area contributed by atoms with Gasteiger partial charge in [0.2, 0.25) is 0 Å². The van der Waals surface area contributed by atoms with Crippen LogP contribution in [0.3, 0.4) is 0 Å². The van der Waals surface area contributed by atoms with Crippen LogP contribution in [0.1, 0.15) is 6.92 Å². The van der Waals surface area contributed by atoms with Gasteiger partial charge >= 0.3 is 0 Å². The average molecular weight is 233 g/mol. The highest BCUT2D eigenvalue weighted by Gasteiger charge is 2.16. The van der Waals surface area contributed by atoms with Gasteiger partial charge in [-0.2, -0.15) is 0 Å². The molecular formula is C12H11NO2S. The molecule has 1 aromatic carbocycles. The summed E-state index contributed by atoms with van der Waals surface area (Å²) in [5.74, 6) is 0.485. The van der Waals surface area contributed by atoms with Gasteiger partial charge in [0.15, 0.2) is 0 Å². The van der Waals surface area contributed by atoms with Crippen molar-refractivity contribution < 1.29 is 9.53 Å². The maximum atomic E-state index is 11.9. The number of carbonyl (C=O) groups is 1. The highest BCUT2D eigenvalue weighted by molar-refractivity contribution is 8.06. The predicted molar refractivity (Wildman–Crippen MR) is 65.6 cm³/mol. The molecule has 0 saturated heterocycles. The minimum atomic E-state index is -0.141. The van der Waals surface area contributed by atoms with Crippen molar-refractivity contribution in [1.29, 1.82) is 0 Å². The summed E-state index contributed by atoms with van der Waals surface area (Å²) in [6, 6.07) is 9.35. The molecular weight excluding hydrogens is 222 g/mol. The molecule has 2 rings (SSSR count). The Morgan fingerprint density at radius 3 is 2.75 bits per heavy atom. The van der Waals surface area contributed by atoms with Crippen molar-refractivity contribution in [2.75, 3.05) is 5.32 Å². The lowest BCUT2D eigenvalue weighted by atomic mass is 10.3. The number of hydrogen-bond donors (Lipinski definition) is 1. The van der Waals surface area contributed by atoms with Gasteiger partial charge < -0.3 is 10.1 Å². The smallest absolute Gasteiger partial charge is 0.265 e. The van der Waals surface area contributed by atoms with Gasteiger partial charge in [-0.25, -0.2) is 0 Å². The molecule has 0 radical (unpaired) electrons. The molecule has 1 aliphatic rings. The largest absolute Gasteiger partial charge is 0.468 e. The Morgan fingerprint density at radius 1 is 1.31 bits per heavy atom. The van der Waals surface area contributed by atoms with E-state index in [0.29, 0.717) is 10.7 Å². The van der Waals surface area contributed by atoms with Crippen LogP contribution in [-0.2, 0) is 9.53 Å². The minimum absolute atomic E-state index is 0.141. The third-order valence-corrected chi connectivity index (χ3v) is 3.00. The maximum Gasteiger partial charge on any atom is 0.265 e. The van der Waals surface area contributed by atoms with Crippen LogP contribution in [0.15, 0.2) is 52.7 Å². The molecule has 0 unspecified atom stereocenters. The normalized spacial score (nSPS) is 14.6. The number of thioether (sulfide) groups is 1. The number of nitrogens with one attached hydrogen (secondary N) is 1. The zero-order valence-corrected chi connectivity index (χ0v) is 9.58. The van der Waals surface area contributed by atoms with Crippen LogP contribution in [-0.4, -0.2) is 5.91 Å². The van der Waals surface area contributed by atoms with E-state index in [2.05, 4.69) is 5.32 Å². The highest BCUT2D eigenvalue weighted by Crippen LogP contribution is 2.27. The van der Waals surface area contributed by atoms with Gasteiger partial charge in [-0.3, -0.25) is 4.79 Å². The molecule has 16 heavy (non-hydrogen) atoms. The van der Waals surface area contributed by atoms with E-state index in [1.807, 2.05) is 30.3 Å². The summed E-state index contributed by atoms with van der Waals surface area (Å²) >= 11 is 1.36. The first-order chi connectivity index (χ1) is 7.77. The second-order valence-corrected chi connectivity index (χ2v) is 4.13. The Balaban J connectivity index is 2.09. The van der Waals surface area contributed by atoms with Gasteiger partial charge in [-0.1, -0.05) is 30.0 Å². The summed E-state index contributed by atoms with van der Waals surface area (Å²) in [6.07, 6.45) is 1.57. The summed E-state index contributed by atoms with van der Waals surface area (Å²) in [6.45, 7) is 1.77. The Kier molecular flexibility index (Phi) is 3.31. The summed E-state index contributed by atoms with van der Waals surface area (Å²) < 4.78 is 5.17. The van der Waals surface area contributed by atoms with Crippen LogP contribution >= 0.6 is 11.8 Å². The standard InChI is InChI=1S/C12H11NO2S/c1-9-11(16-8-7-15-9)12(14)13-10-5-3-2-4-6-10/h2-8H,1H3,(H,13,14). The molecule has 1 amide bonds. The molecule has 0 aromatic heterocycles. The van der Waals surface area contributed by atoms with E-state index >= 15 is 0 Å². The molecule has 0 aliphatic carbocycles. The number of carbonyl (C=O) groups excluding carboxylic acids is 1. The van der Waals surface area contributed by atoms with Crippen LogP contribution in [0.4, 0.5) is 5.69 Å². The topological polar surface area (TPSA) is 38.3 Å². The average Bonchev–Trinajstić information content (AvgIpc) is 2.31. The van der Waals surface area contributed by atoms with E-state index in [1.54, 1.807) is 18.6 Å². The van der Waals surface area contributed by atoms with Crippen LogP contribution in [0, 0.1) is 0 Å². The first-order valence-corrected chi connectivity index (χ1v) is 5.71. The zero-order chi connectivity index (χ0) is 11.4. The minimum Gasteiger partial charge on any atom is -0.468 e. The summed E-state index contributed by atoms with van der Waals surface area (Å²) in [5.41, 5.74) is 0.781. The van der Waals surface area contributed by atoms with E-state index in [9.17, 15) is 4.79 Å². The fraction of sp³-hybridized carbons (Fsp3) is 0.0833. The number of hydrogen-bond acceptors (Lipinski definition) is 3. The van der Waals surface area contributed by atoms with Crippen molar-refractivity contribution in [3.63, 3.8) is 0 Å². The Morgan fingerprint density at radius 2 is 2.06 bits per heavy atom. The van der Waals surface area contributed by atoms with Crippen molar-refractivity contribution in [1.82, 2.24) is 0 Å². The van der Waals surface area contributed by atoms with Crippen molar-refractivity contribution in [3.05, 3.63) is 52.7 Å². The first kappa shape index (κ1) is 10.8. The Labute approximate surface area is 98.2 Å². The van der Waals surface area contributed by atoms with Crippen molar-refractivity contribution in [2.24, 2.45) is 0 Å². The Bertz CT molecular complexity index is 451. The molecule has 0 fully saturated rings. The molecule has 0 spiro atoms. The quantitative estimate of drug-likeness (QED) is 0.853. The van der Waals surface area contributed by atoms with E-state index in [4.69, 9.17) is 4.74 Å². The zero-order valence-electron chi connectivity index (χ0n) is 8.77. The second kappa shape index (κ2) is 4.90. The van der Waals surface area contributed by atoms with Crippen molar-refractivity contribution in [3.8, 4) is 0 Å². The van der Waals surface area contributed by atoms with E-state index in [-0.39, 0.29) is 5.91 Å². The number of allylic oxidation sites excluding steroid dienone is 1. The lowest BCUT2D eigenvalue weighted by Crippen LogP contribution is -2.14. The molecule has 1 aliphatic heterocycles. The summed E-state index contributed by atoms with van der Waals surface area (Å²) in [5, 5.41) is 4.55. The fourth-order valence-corrected chi connectivity index (χ4v) is 1.90. The maximum absolute atomic E-state index is 11.9. The number of anilines is 1. The van der Waals surface area contributed by atoms with Gasteiger partial charge in [0.05, 0.1) is 6.26 Å². The van der Waals surface area contributed by atoms with Gasteiger partial charge in [-0.15, -0.1) is 0 Å². The van der Waals surface area contributed by atoms with Crippen LogP contribution in [0.5, 0.6) is 0 Å². The van der Waals surface area contributed by atoms with E-state index in [1.165, 1.54) is 11.8 Å². The van der Waals surface area contributed by atoms with Crippen molar-refractivity contribution in [2.45, 2.75) is 6.92 Å². The first-order valence-electron chi connectivity index (χ1n) is 4.83. The summed E-state index contributed by atoms with van der Waals surface area (Å²) in [7, 11) is 0. The molecule has 82 valence electrons. The van der Waals surface area contributed by atoms with Crippen molar-refractivity contribution >= 4 is 23.4 Å². The Hall–Kier alpha value is -1.68. The van der Waals surface area contributed by atoms with Crippen LogP contribution < -0.4 is 5.32 Å². The fourth-order valence-electron chi connectivity index (χ4n) is 1.28. The second-order valence-electron chi connectivity index (χ2n) is 3.21. The molecule has 1 N–H and O–H groups in total.